The molecule has 1 fully saturated rings. The lowest BCUT2D eigenvalue weighted by molar-refractivity contribution is 0.549. The zero-order valence-corrected chi connectivity index (χ0v) is 21.2. The first-order valence-electron chi connectivity index (χ1n) is 11.2. The molecule has 1 aliphatic heterocycles. The average Bonchev–Trinajstić information content (AvgIpc) is 3.45. The van der Waals surface area contributed by atoms with Crippen LogP contribution in [0.3, 0.4) is 0 Å². The van der Waals surface area contributed by atoms with Crippen molar-refractivity contribution < 1.29 is 12.8 Å². The maximum absolute atomic E-state index is 13.6. The predicted octanol–water partition coefficient (Wildman–Crippen LogP) is 4.87. The van der Waals surface area contributed by atoms with Crippen molar-refractivity contribution in [1.82, 2.24) is 14.9 Å². The molecule has 2 aromatic carbocycles. The van der Waals surface area contributed by atoms with Crippen molar-refractivity contribution in [3.63, 3.8) is 0 Å². The van der Waals surface area contributed by atoms with Crippen LogP contribution >= 0.6 is 12.2 Å². The number of aryl methyl sites for hydroxylation is 1. The summed E-state index contributed by atoms with van der Waals surface area (Å²) in [5.41, 5.74) is 4.64. The average molecular weight is 522 g/mol. The Morgan fingerprint density at radius 3 is 2.44 bits per heavy atom. The lowest BCUT2D eigenvalue weighted by Crippen LogP contribution is -2.30. The van der Waals surface area contributed by atoms with E-state index in [-0.39, 0.29) is 17.9 Å². The highest BCUT2D eigenvalue weighted by Crippen LogP contribution is 2.42. The Morgan fingerprint density at radius 1 is 1.03 bits per heavy atom. The van der Waals surface area contributed by atoms with E-state index in [1.807, 2.05) is 65.1 Å². The molecule has 0 radical (unpaired) electrons. The molecule has 2 atom stereocenters. The molecule has 7 nitrogen and oxygen atoms in total. The van der Waals surface area contributed by atoms with Crippen LogP contribution in [0.4, 0.5) is 15.8 Å². The zero-order valence-electron chi connectivity index (χ0n) is 19.6. The summed E-state index contributed by atoms with van der Waals surface area (Å²) in [5.74, 6) is -0.303. The third-order valence-electron chi connectivity index (χ3n) is 6.07. The van der Waals surface area contributed by atoms with Gasteiger partial charge in [0, 0.05) is 29.5 Å². The number of aromatic nitrogens is 2. The van der Waals surface area contributed by atoms with Gasteiger partial charge in [-0.2, -0.15) is 0 Å². The molecule has 0 saturated carbocycles. The quantitative estimate of drug-likeness (QED) is 0.353. The molecular formula is C26H24FN5O2S2. The van der Waals surface area contributed by atoms with Gasteiger partial charge in [-0.1, -0.05) is 6.07 Å². The molecule has 0 aliphatic carbocycles. The van der Waals surface area contributed by atoms with Gasteiger partial charge in [-0.05, 0) is 91.4 Å². The molecule has 184 valence electrons. The predicted molar refractivity (Wildman–Crippen MR) is 143 cm³/mol. The highest BCUT2D eigenvalue weighted by molar-refractivity contribution is 7.92. The van der Waals surface area contributed by atoms with E-state index in [0.29, 0.717) is 10.8 Å². The molecule has 10 heteroatoms. The summed E-state index contributed by atoms with van der Waals surface area (Å²) in [4.78, 5) is 6.60. The number of halogens is 1. The fourth-order valence-corrected chi connectivity index (χ4v) is 5.49. The summed E-state index contributed by atoms with van der Waals surface area (Å²) < 4.78 is 41.7. The van der Waals surface area contributed by atoms with Gasteiger partial charge in [-0.25, -0.2) is 12.8 Å². The number of thiocarbonyl (C=S) groups is 1. The van der Waals surface area contributed by atoms with Crippen molar-refractivity contribution in [3.8, 4) is 5.69 Å². The lowest BCUT2D eigenvalue weighted by atomic mass is 10.0. The van der Waals surface area contributed by atoms with Crippen LogP contribution in [0.15, 0.2) is 85.2 Å². The minimum absolute atomic E-state index is 0.262. The van der Waals surface area contributed by atoms with E-state index in [2.05, 4.69) is 15.0 Å². The number of nitrogens with one attached hydrogen (secondary N) is 2. The number of hydrogen-bond acceptors (Lipinski definition) is 4. The minimum atomic E-state index is -3.41. The van der Waals surface area contributed by atoms with Gasteiger partial charge in [-0.3, -0.25) is 9.71 Å². The van der Waals surface area contributed by atoms with Crippen LogP contribution in [0, 0.1) is 12.7 Å². The third-order valence-corrected chi connectivity index (χ3v) is 6.97. The second-order valence-corrected chi connectivity index (χ2v) is 10.8. The normalized spacial score (nSPS) is 17.8. The van der Waals surface area contributed by atoms with E-state index in [9.17, 15) is 12.8 Å². The highest BCUT2D eigenvalue weighted by Gasteiger charge is 2.42. The van der Waals surface area contributed by atoms with Gasteiger partial charge >= 0.3 is 0 Å². The van der Waals surface area contributed by atoms with Gasteiger partial charge in [0.2, 0.25) is 10.0 Å². The number of rotatable bonds is 6. The Kier molecular flexibility index (Phi) is 6.23. The Hall–Kier alpha value is -3.76. The summed E-state index contributed by atoms with van der Waals surface area (Å²) in [5, 5.41) is 3.95. The maximum atomic E-state index is 13.6. The largest absolute Gasteiger partial charge is 0.351 e. The molecule has 1 aliphatic rings. The Morgan fingerprint density at radius 2 is 1.78 bits per heavy atom. The molecule has 4 aromatic rings. The molecule has 36 heavy (non-hydrogen) atoms. The van der Waals surface area contributed by atoms with Crippen LogP contribution in [0.2, 0.25) is 0 Å². The van der Waals surface area contributed by atoms with Crippen LogP contribution in [-0.2, 0) is 10.0 Å². The number of hydrogen-bond donors (Lipinski definition) is 2. The molecule has 1 saturated heterocycles. The van der Waals surface area contributed by atoms with Crippen molar-refractivity contribution in [3.05, 3.63) is 108 Å². The standard InChI is InChI=1S/C26H24FN5O2S2/c1-17-16-20(12-13-21(17)30-36(2,33)34)32-25(24(29-26(32)35)22-6-3-4-14-28-22)23-7-5-15-31(23)19-10-8-18(27)9-11-19/h3-16,24-25,30H,1-2H3,(H,29,35)/t24-,25-/m0/s1. The Labute approximate surface area is 214 Å². The van der Waals surface area contributed by atoms with Crippen molar-refractivity contribution >= 4 is 38.7 Å². The monoisotopic (exact) mass is 521 g/mol. The highest BCUT2D eigenvalue weighted by atomic mass is 32.2. The first kappa shape index (κ1) is 24.0. The van der Waals surface area contributed by atoms with E-state index in [1.54, 1.807) is 24.4 Å². The second kappa shape index (κ2) is 9.36. The molecule has 0 bridgehead atoms. The molecule has 0 unspecified atom stereocenters. The smallest absolute Gasteiger partial charge is 0.229 e. The molecule has 2 aromatic heterocycles. The van der Waals surface area contributed by atoms with Crippen LogP contribution in [0.1, 0.15) is 29.0 Å². The summed E-state index contributed by atoms with van der Waals surface area (Å²) in [6.07, 6.45) is 4.80. The number of pyridine rings is 1. The zero-order chi connectivity index (χ0) is 25.4. The molecular weight excluding hydrogens is 497 g/mol. The number of sulfonamides is 1. The lowest BCUT2D eigenvalue weighted by Gasteiger charge is -2.29. The second-order valence-electron chi connectivity index (χ2n) is 8.65. The van der Waals surface area contributed by atoms with Crippen molar-refractivity contribution in [2.75, 3.05) is 15.9 Å². The first-order chi connectivity index (χ1) is 17.2. The van der Waals surface area contributed by atoms with E-state index in [0.717, 1.165) is 34.6 Å². The minimum Gasteiger partial charge on any atom is -0.351 e. The molecule has 0 spiro atoms. The van der Waals surface area contributed by atoms with E-state index in [4.69, 9.17) is 12.2 Å². The number of nitrogens with zero attached hydrogens (tertiary/aromatic N) is 3. The van der Waals surface area contributed by atoms with E-state index >= 15 is 0 Å². The van der Waals surface area contributed by atoms with Gasteiger partial charge in [0.25, 0.3) is 0 Å². The molecule has 0 amide bonds. The SMILES string of the molecule is Cc1cc(N2C(=S)N[C@@H](c3ccccn3)[C@@H]2c2cccn2-c2ccc(F)cc2)ccc1NS(C)(=O)=O. The Bertz CT molecular complexity index is 1520. The topological polar surface area (TPSA) is 79.3 Å². The summed E-state index contributed by atoms with van der Waals surface area (Å²) >= 11 is 5.81. The van der Waals surface area contributed by atoms with Crippen LogP contribution in [0.25, 0.3) is 5.69 Å². The van der Waals surface area contributed by atoms with Gasteiger partial charge < -0.3 is 14.8 Å². The van der Waals surface area contributed by atoms with Gasteiger partial charge in [0.05, 0.1) is 23.7 Å². The van der Waals surface area contributed by atoms with Gasteiger partial charge in [0.1, 0.15) is 11.9 Å². The van der Waals surface area contributed by atoms with Crippen molar-refractivity contribution in [2.24, 2.45) is 0 Å². The summed E-state index contributed by atoms with van der Waals surface area (Å²) in [7, 11) is -3.41. The van der Waals surface area contributed by atoms with Crippen LogP contribution in [0.5, 0.6) is 0 Å². The van der Waals surface area contributed by atoms with Gasteiger partial charge in [-0.15, -0.1) is 0 Å². The molecule has 5 rings (SSSR count). The fraction of sp³-hybridized carbons (Fsp3) is 0.154. The first-order valence-corrected chi connectivity index (χ1v) is 13.5. The third kappa shape index (κ3) is 4.69. The molecule has 3 heterocycles. The van der Waals surface area contributed by atoms with Crippen LogP contribution < -0.4 is 14.9 Å². The summed E-state index contributed by atoms with van der Waals surface area (Å²) in [6, 6.07) is 21.0. The summed E-state index contributed by atoms with van der Waals surface area (Å²) in [6.45, 7) is 1.84. The fourth-order valence-electron chi connectivity index (χ4n) is 4.52. The van der Waals surface area contributed by atoms with Crippen molar-refractivity contribution in [2.45, 2.75) is 19.0 Å². The van der Waals surface area contributed by atoms with Gasteiger partial charge in [0.15, 0.2) is 5.11 Å². The van der Waals surface area contributed by atoms with Crippen LogP contribution in [-0.4, -0.2) is 29.3 Å². The number of benzene rings is 2. The Balaban J connectivity index is 1.63. The van der Waals surface area contributed by atoms with Crippen molar-refractivity contribution in [1.29, 1.82) is 0 Å². The van der Waals surface area contributed by atoms with E-state index < -0.39 is 10.0 Å². The molecule has 2 N–H and O–H groups in total. The van der Waals surface area contributed by atoms with E-state index in [1.165, 1.54) is 12.1 Å². The maximum Gasteiger partial charge on any atom is 0.229 e. The number of anilines is 2.